The van der Waals surface area contributed by atoms with Crippen molar-refractivity contribution in [3.05, 3.63) is 47.0 Å². The monoisotopic (exact) mass is 245 g/mol. The Morgan fingerprint density at radius 2 is 1.83 bits per heavy atom. The lowest BCUT2D eigenvalue weighted by Gasteiger charge is -2.18. The third-order valence-electron chi connectivity index (χ3n) is 3.77. The highest BCUT2D eigenvalue weighted by Crippen LogP contribution is 2.20. The molecule has 2 N–H and O–H groups in total. The number of hydrogen-bond donors (Lipinski definition) is 1. The normalized spacial score (nSPS) is 14.3. The first-order valence-electron chi connectivity index (χ1n) is 6.96. The van der Waals surface area contributed by atoms with Crippen molar-refractivity contribution in [1.29, 1.82) is 0 Å². The van der Waals surface area contributed by atoms with Gasteiger partial charge in [0.05, 0.1) is 0 Å². The predicted molar refractivity (Wildman–Crippen MR) is 81.0 cm³/mol. The van der Waals surface area contributed by atoms with Gasteiger partial charge in [0, 0.05) is 6.04 Å². The van der Waals surface area contributed by atoms with Crippen LogP contribution in [0.2, 0.25) is 0 Å². The highest BCUT2D eigenvalue weighted by Gasteiger charge is 2.12. The summed E-state index contributed by atoms with van der Waals surface area (Å²) in [5.41, 5.74) is 11.9. The summed E-state index contributed by atoms with van der Waals surface area (Å²) in [6, 6.07) is 4.76. The van der Waals surface area contributed by atoms with Gasteiger partial charge in [-0.3, -0.25) is 0 Å². The molecular formula is C17H27N. The summed E-state index contributed by atoms with van der Waals surface area (Å²) in [4.78, 5) is 0. The number of benzene rings is 1. The van der Waals surface area contributed by atoms with Crippen LogP contribution in [0, 0.1) is 19.8 Å². The van der Waals surface area contributed by atoms with Gasteiger partial charge >= 0.3 is 0 Å². The van der Waals surface area contributed by atoms with E-state index in [1.54, 1.807) is 0 Å². The third-order valence-corrected chi connectivity index (χ3v) is 3.77. The molecule has 1 aromatic rings. The van der Waals surface area contributed by atoms with Crippen LogP contribution in [0.1, 0.15) is 42.5 Å². The maximum absolute atomic E-state index is 6.19. The van der Waals surface area contributed by atoms with E-state index in [2.05, 4.69) is 46.4 Å². The summed E-state index contributed by atoms with van der Waals surface area (Å²) in [5, 5.41) is 0. The van der Waals surface area contributed by atoms with Crippen LogP contribution in [0.4, 0.5) is 0 Å². The van der Waals surface area contributed by atoms with Gasteiger partial charge in [0.15, 0.2) is 0 Å². The van der Waals surface area contributed by atoms with E-state index in [0.29, 0.717) is 5.92 Å². The largest absolute Gasteiger partial charge is 0.327 e. The summed E-state index contributed by atoms with van der Waals surface area (Å²) in [6.07, 6.45) is 5.25. The number of rotatable bonds is 6. The fraction of sp³-hybridized carbons (Fsp3) is 0.529. The second-order valence-electron chi connectivity index (χ2n) is 5.42. The van der Waals surface area contributed by atoms with E-state index in [-0.39, 0.29) is 6.04 Å². The van der Waals surface area contributed by atoms with E-state index in [1.807, 2.05) is 6.08 Å². The van der Waals surface area contributed by atoms with Crippen molar-refractivity contribution in [2.75, 3.05) is 0 Å². The molecule has 0 saturated carbocycles. The molecule has 0 radical (unpaired) electrons. The molecule has 1 rings (SSSR count). The fourth-order valence-corrected chi connectivity index (χ4v) is 2.48. The van der Waals surface area contributed by atoms with E-state index in [9.17, 15) is 0 Å². The zero-order valence-electron chi connectivity index (χ0n) is 12.3. The zero-order valence-corrected chi connectivity index (χ0v) is 12.3. The molecule has 1 nitrogen and oxygen atoms in total. The quantitative estimate of drug-likeness (QED) is 0.755. The Hall–Kier alpha value is -1.08. The van der Waals surface area contributed by atoms with Crippen molar-refractivity contribution >= 4 is 0 Å². The van der Waals surface area contributed by atoms with E-state index in [0.717, 1.165) is 6.42 Å². The SMILES string of the molecule is C=CC(C)C(N)Cc1cc(C)c(CCC)c(C)c1. The first kappa shape index (κ1) is 15.0. The topological polar surface area (TPSA) is 26.0 Å². The second-order valence-corrected chi connectivity index (χ2v) is 5.42. The van der Waals surface area contributed by atoms with Gasteiger partial charge in [-0.05, 0) is 54.9 Å². The highest BCUT2D eigenvalue weighted by molar-refractivity contribution is 5.38. The molecule has 0 aliphatic carbocycles. The smallest absolute Gasteiger partial charge is 0.0140 e. The molecule has 2 unspecified atom stereocenters. The summed E-state index contributed by atoms with van der Waals surface area (Å²) in [6.45, 7) is 12.6. The lowest BCUT2D eigenvalue weighted by atomic mass is 9.91. The average Bonchev–Trinajstić information content (AvgIpc) is 2.32. The molecule has 0 spiro atoms. The molecule has 100 valence electrons. The highest BCUT2D eigenvalue weighted by atomic mass is 14.6. The van der Waals surface area contributed by atoms with Gasteiger partial charge in [0.25, 0.3) is 0 Å². The third kappa shape index (κ3) is 3.71. The maximum Gasteiger partial charge on any atom is 0.0140 e. The van der Waals surface area contributed by atoms with Gasteiger partial charge in [0.1, 0.15) is 0 Å². The molecule has 0 fully saturated rings. The Morgan fingerprint density at radius 3 is 2.28 bits per heavy atom. The van der Waals surface area contributed by atoms with Gasteiger partial charge in [-0.1, -0.05) is 38.5 Å². The number of aryl methyl sites for hydroxylation is 2. The van der Waals surface area contributed by atoms with Gasteiger partial charge < -0.3 is 5.73 Å². The maximum atomic E-state index is 6.19. The molecule has 0 aliphatic heterocycles. The standard InChI is InChI=1S/C17H27N/c1-6-8-16-13(4)9-15(10-14(16)5)11-17(18)12(3)7-2/h7,9-10,12,17H,2,6,8,11,18H2,1,3-5H3. The minimum absolute atomic E-state index is 0.165. The van der Waals surface area contributed by atoms with Crippen LogP contribution in [0.15, 0.2) is 24.8 Å². The minimum Gasteiger partial charge on any atom is -0.327 e. The molecule has 0 heterocycles. The van der Waals surface area contributed by atoms with E-state index in [4.69, 9.17) is 5.73 Å². The Bertz CT molecular complexity index is 383. The lowest BCUT2D eigenvalue weighted by molar-refractivity contribution is 0.536. The fourth-order valence-electron chi connectivity index (χ4n) is 2.48. The first-order valence-corrected chi connectivity index (χ1v) is 6.96. The molecule has 18 heavy (non-hydrogen) atoms. The van der Waals surface area contributed by atoms with Crippen LogP contribution >= 0.6 is 0 Å². The Morgan fingerprint density at radius 1 is 1.28 bits per heavy atom. The minimum atomic E-state index is 0.165. The van der Waals surface area contributed by atoms with Gasteiger partial charge in [-0.2, -0.15) is 0 Å². The number of hydrogen-bond acceptors (Lipinski definition) is 1. The van der Waals surface area contributed by atoms with E-state index in [1.165, 1.54) is 35.1 Å². The molecule has 0 aliphatic rings. The molecule has 0 aromatic heterocycles. The van der Waals surface area contributed by atoms with Crippen molar-refractivity contribution < 1.29 is 0 Å². The van der Waals surface area contributed by atoms with Crippen LogP contribution < -0.4 is 5.73 Å². The Labute approximate surface area is 112 Å². The van der Waals surface area contributed by atoms with Crippen molar-refractivity contribution in [2.24, 2.45) is 11.7 Å². The van der Waals surface area contributed by atoms with Crippen LogP contribution in [-0.2, 0) is 12.8 Å². The van der Waals surface area contributed by atoms with Crippen molar-refractivity contribution in [2.45, 2.75) is 53.0 Å². The van der Waals surface area contributed by atoms with Crippen LogP contribution in [0.25, 0.3) is 0 Å². The average molecular weight is 245 g/mol. The number of nitrogens with two attached hydrogens (primary N) is 1. The Balaban J connectivity index is 2.89. The van der Waals surface area contributed by atoms with Gasteiger partial charge in [-0.25, -0.2) is 0 Å². The van der Waals surface area contributed by atoms with Gasteiger partial charge in [-0.15, -0.1) is 6.58 Å². The molecule has 1 heteroatoms. The molecule has 0 amide bonds. The van der Waals surface area contributed by atoms with Crippen molar-refractivity contribution in [1.82, 2.24) is 0 Å². The zero-order chi connectivity index (χ0) is 13.7. The van der Waals surface area contributed by atoms with Crippen molar-refractivity contribution in [3.8, 4) is 0 Å². The lowest BCUT2D eigenvalue weighted by Crippen LogP contribution is -2.29. The Kier molecular flexibility index (Phi) is 5.61. The van der Waals surface area contributed by atoms with Crippen LogP contribution in [0.3, 0.4) is 0 Å². The van der Waals surface area contributed by atoms with Gasteiger partial charge in [0.2, 0.25) is 0 Å². The molecule has 1 aromatic carbocycles. The second kappa shape index (κ2) is 6.75. The summed E-state index contributed by atoms with van der Waals surface area (Å²) in [7, 11) is 0. The van der Waals surface area contributed by atoms with Crippen LogP contribution in [-0.4, -0.2) is 6.04 Å². The first-order chi connectivity index (χ1) is 8.49. The van der Waals surface area contributed by atoms with E-state index >= 15 is 0 Å². The predicted octanol–water partition coefficient (Wildman–Crippen LogP) is 3.95. The molecule has 0 bridgehead atoms. The molecule has 0 saturated heterocycles. The van der Waals surface area contributed by atoms with E-state index < -0.39 is 0 Å². The summed E-state index contributed by atoms with van der Waals surface area (Å²) >= 11 is 0. The summed E-state index contributed by atoms with van der Waals surface area (Å²) < 4.78 is 0. The van der Waals surface area contributed by atoms with Crippen LogP contribution in [0.5, 0.6) is 0 Å². The molecule has 2 atom stereocenters. The molecular weight excluding hydrogens is 218 g/mol. The van der Waals surface area contributed by atoms with Crippen molar-refractivity contribution in [3.63, 3.8) is 0 Å². The summed E-state index contributed by atoms with van der Waals surface area (Å²) in [5.74, 6) is 0.362.